The van der Waals surface area contributed by atoms with E-state index in [1.165, 1.54) is 11.3 Å². The highest BCUT2D eigenvalue weighted by Gasteiger charge is 2.20. The summed E-state index contributed by atoms with van der Waals surface area (Å²) in [5.41, 5.74) is 0.356. The van der Waals surface area contributed by atoms with Gasteiger partial charge in [0.2, 0.25) is 0 Å². The topological polar surface area (TPSA) is 70.2 Å². The molecule has 0 atom stereocenters. The van der Waals surface area contributed by atoms with Gasteiger partial charge < -0.3 is 10.1 Å². The lowest BCUT2D eigenvalue weighted by atomic mass is 10.0. The smallest absolute Gasteiger partial charge is 0.353 e. The maximum Gasteiger partial charge on any atom is 0.353 e. The van der Waals surface area contributed by atoms with Crippen molar-refractivity contribution in [1.82, 2.24) is 4.98 Å². The molecule has 0 aliphatic heterocycles. The van der Waals surface area contributed by atoms with Crippen LogP contribution in [0.5, 0.6) is 0 Å². The standard InChI is InChI=1S/C14H6BrCl2NO3S/c15-9-4-6-10(5-1-2-7(16)8(17)3-5)11(14(20)21)18-13(19)12(6)22-9/h1-4H,(H,18,19)(H,20,21). The Morgan fingerprint density at radius 3 is 2.59 bits per heavy atom. The van der Waals surface area contributed by atoms with Crippen LogP contribution in [0, 0.1) is 0 Å². The van der Waals surface area contributed by atoms with Crippen LogP contribution in [-0.2, 0) is 0 Å². The minimum absolute atomic E-state index is 0.179. The number of carbonyl (C=O) groups is 1. The molecule has 0 aliphatic rings. The van der Waals surface area contributed by atoms with E-state index in [1.54, 1.807) is 24.3 Å². The monoisotopic (exact) mass is 417 g/mol. The van der Waals surface area contributed by atoms with Gasteiger partial charge in [0.25, 0.3) is 5.56 Å². The minimum Gasteiger partial charge on any atom is -0.477 e. The molecule has 22 heavy (non-hydrogen) atoms. The molecular formula is C14H6BrCl2NO3S. The quantitative estimate of drug-likeness (QED) is 0.613. The van der Waals surface area contributed by atoms with Crippen molar-refractivity contribution in [2.75, 3.05) is 0 Å². The zero-order valence-corrected chi connectivity index (χ0v) is 14.5. The van der Waals surface area contributed by atoms with Gasteiger partial charge in [-0.05, 0) is 39.7 Å². The third-order valence-electron chi connectivity index (χ3n) is 3.09. The molecule has 0 amide bonds. The first-order valence-corrected chi connectivity index (χ1v) is 8.29. The molecule has 0 aliphatic carbocycles. The van der Waals surface area contributed by atoms with Crippen molar-refractivity contribution in [2.45, 2.75) is 0 Å². The SMILES string of the molecule is O=C(O)c1[nH]c(=O)c2sc(Br)cc2c1-c1ccc(Cl)c(Cl)c1. The molecule has 112 valence electrons. The van der Waals surface area contributed by atoms with E-state index < -0.39 is 11.5 Å². The number of hydrogen-bond acceptors (Lipinski definition) is 3. The lowest BCUT2D eigenvalue weighted by molar-refractivity contribution is 0.0691. The van der Waals surface area contributed by atoms with Crippen LogP contribution in [0.25, 0.3) is 21.2 Å². The summed E-state index contributed by atoms with van der Waals surface area (Å²) in [7, 11) is 0. The van der Waals surface area contributed by atoms with Crippen LogP contribution >= 0.6 is 50.5 Å². The molecule has 3 aromatic rings. The summed E-state index contributed by atoms with van der Waals surface area (Å²) in [4.78, 5) is 26.0. The van der Waals surface area contributed by atoms with Gasteiger partial charge in [0.15, 0.2) is 0 Å². The number of aromatic amines is 1. The van der Waals surface area contributed by atoms with Gasteiger partial charge in [-0.15, -0.1) is 11.3 Å². The molecule has 2 aromatic heterocycles. The molecule has 0 saturated carbocycles. The van der Waals surface area contributed by atoms with Gasteiger partial charge in [0.1, 0.15) is 10.4 Å². The summed E-state index contributed by atoms with van der Waals surface area (Å²) < 4.78 is 1.18. The zero-order valence-electron chi connectivity index (χ0n) is 10.6. The van der Waals surface area contributed by atoms with Gasteiger partial charge in [0, 0.05) is 10.9 Å². The van der Waals surface area contributed by atoms with Gasteiger partial charge in [0.05, 0.1) is 13.8 Å². The highest BCUT2D eigenvalue weighted by atomic mass is 79.9. The summed E-state index contributed by atoms with van der Waals surface area (Å²) in [5.74, 6) is -1.22. The molecule has 8 heteroatoms. The van der Waals surface area contributed by atoms with Crippen LogP contribution in [0.4, 0.5) is 0 Å². The first-order chi connectivity index (χ1) is 10.4. The van der Waals surface area contributed by atoms with Gasteiger partial charge in [-0.1, -0.05) is 29.3 Å². The van der Waals surface area contributed by atoms with Crippen molar-refractivity contribution in [3.05, 3.63) is 54.1 Å². The lowest BCUT2D eigenvalue weighted by Crippen LogP contribution is -2.14. The van der Waals surface area contributed by atoms with E-state index in [2.05, 4.69) is 20.9 Å². The lowest BCUT2D eigenvalue weighted by Gasteiger charge is -2.09. The second-order valence-corrected chi connectivity index (χ2v) is 7.68. The number of hydrogen-bond donors (Lipinski definition) is 2. The number of aromatic carboxylic acids is 1. The van der Waals surface area contributed by atoms with E-state index in [4.69, 9.17) is 23.2 Å². The molecule has 3 rings (SSSR count). The molecule has 0 saturated heterocycles. The minimum atomic E-state index is -1.22. The number of thiophene rings is 1. The second kappa shape index (κ2) is 5.70. The highest BCUT2D eigenvalue weighted by Crippen LogP contribution is 2.37. The summed E-state index contributed by atoms with van der Waals surface area (Å²) in [6.45, 7) is 0. The van der Waals surface area contributed by atoms with Crippen LogP contribution in [0.15, 0.2) is 32.8 Å². The van der Waals surface area contributed by atoms with Gasteiger partial charge >= 0.3 is 5.97 Å². The normalized spacial score (nSPS) is 11.0. The first kappa shape index (κ1) is 15.6. The molecule has 0 bridgehead atoms. The van der Waals surface area contributed by atoms with E-state index in [1.807, 2.05) is 0 Å². The number of halogens is 3. The summed E-state index contributed by atoms with van der Waals surface area (Å²) in [6, 6.07) is 6.55. The molecule has 0 unspecified atom stereocenters. The van der Waals surface area contributed by atoms with Crippen LogP contribution in [-0.4, -0.2) is 16.1 Å². The Balaban J connectivity index is 2.46. The van der Waals surface area contributed by atoms with E-state index in [-0.39, 0.29) is 5.69 Å². The van der Waals surface area contributed by atoms with Crippen LogP contribution in [0.2, 0.25) is 10.0 Å². The molecule has 0 radical (unpaired) electrons. The van der Waals surface area contributed by atoms with Crippen LogP contribution in [0.1, 0.15) is 10.5 Å². The molecular weight excluding hydrogens is 413 g/mol. The summed E-state index contributed by atoms with van der Waals surface area (Å²) in [6.07, 6.45) is 0. The third kappa shape index (κ3) is 2.56. The first-order valence-electron chi connectivity index (χ1n) is 5.92. The van der Waals surface area contributed by atoms with Gasteiger partial charge in [-0.25, -0.2) is 4.79 Å². The summed E-state index contributed by atoms with van der Waals surface area (Å²) in [5, 5.41) is 10.6. The molecule has 1 aromatic carbocycles. The number of aromatic nitrogens is 1. The molecule has 0 fully saturated rings. The fraction of sp³-hybridized carbons (Fsp3) is 0. The average Bonchev–Trinajstić information content (AvgIpc) is 2.84. The Kier molecular flexibility index (Phi) is 4.03. The third-order valence-corrected chi connectivity index (χ3v) is 5.46. The Morgan fingerprint density at radius 2 is 1.95 bits per heavy atom. The molecule has 4 nitrogen and oxygen atoms in total. The Labute approximate surface area is 146 Å². The van der Waals surface area contributed by atoms with Crippen LogP contribution < -0.4 is 5.56 Å². The van der Waals surface area contributed by atoms with Crippen molar-refractivity contribution >= 4 is 66.5 Å². The zero-order chi connectivity index (χ0) is 16.0. The maximum absolute atomic E-state index is 12.0. The average molecular weight is 419 g/mol. The van der Waals surface area contributed by atoms with Crippen molar-refractivity contribution in [1.29, 1.82) is 0 Å². The Bertz CT molecular complexity index is 980. The number of H-pyrrole nitrogens is 1. The van der Waals surface area contributed by atoms with Gasteiger partial charge in [-0.2, -0.15) is 0 Å². The number of nitrogens with one attached hydrogen (secondary N) is 1. The fourth-order valence-corrected chi connectivity index (χ4v) is 3.99. The van der Waals surface area contributed by atoms with Crippen molar-refractivity contribution < 1.29 is 9.90 Å². The Hall–Kier alpha value is -1.34. The fourth-order valence-electron chi connectivity index (χ4n) is 2.19. The van der Waals surface area contributed by atoms with Crippen LogP contribution in [0.3, 0.4) is 0 Å². The van der Waals surface area contributed by atoms with Crippen molar-refractivity contribution in [2.24, 2.45) is 0 Å². The number of benzene rings is 1. The largest absolute Gasteiger partial charge is 0.477 e. The molecule has 2 N–H and O–H groups in total. The maximum atomic E-state index is 12.0. The summed E-state index contributed by atoms with van der Waals surface area (Å²) >= 11 is 16.5. The van der Waals surface area contributed by atoms with Gasteiger partial charge in [-0.3, -0.25) is 4.79 Å². The van der Waals surface area contributed by atoms with E-state index in [9.17, 15) is 14.7 Å². The van der Waals surface area contributed by atoms with Crippen molar-refractivity contribution in [3.8, 4) is 11.1 Å². The Morgan fingerprint density at radius 1 is 1.23 bits per heavy atom. The predicted molar refractivity (Wildman–Crippen MR) is 92.6 cm³/mol. The second-order valence-electron chi connectivity index (χ2n) is 4.43. The number of pyridine rings is 1. The highest BCUT2D eigenvalue weighted by molar-refractivity contribution is 9.11. The van der Waals surface area contributed by atoms with E-state index >= 15 is 0 Å². The number of fused-ring (bicyclic) bond motifs is 1. The van der Waals surface area contributed by atoms with E-state index in [0.717, 1.165) is 3.79 Å². The van der Waals surface area contributed by atoms with E-state index in [0.29, 0.717) is 31.3 Å². The molecule has 0 spiro atoms. The number of carboxylic acids is 1. The number of rotatable bonds is 2. The predicted octanol–water partition coefficient (Wildman–Crippen LogP) is 5.02. The molecule has 2 heterocycles. The number of carboxylic acid groups (broad SMARTS) is 1. The van der Waals surface area contributed by atoms with Crippen molar-refractivity contribution in [3.63, 3.8) is 0 Å².